The topological polar surface area (TPSA) is 78.9 Å². The molecule has 0 saturated carbocycles. The standard InChI is InChI=1S/C61H110O6/c1-4-7-10-13-15-17-19-21-23-25-27-29-30-32-33-35-37-39-41-43-45-48-51-54-60(63)66-57-58(56-65-59(62)53-50-47-12-9-6-3)67-61(64)55-52-49-46-44-42-40-38-36-34-31-28-26-24-22-20-18-16-14-11-8-5-2/h8,11,16,18,22,24,28,31,58H,4-7,9-10,12-15,17,19-21,23,25-27,29-30,32-57H2,1-3H3/b11-8-,18-16-,24-22-,31-28-. The van der Waals surface area contributed by atoms with Crippen LogP contribution in [0.4, 0.5) is 0 Å². The summed E-state index contributed by atoms with van der Waals surface area (Å²) in [6.07, 6.45) is 68.7. The van der Waals surface area contributed by atoms with Gasteiger partial charge in [-0.2, -0.15) is 0 Å². The summed E-state index contributed by atoms with van der Waals surface area (Å²) >= 11 is 0. The lowest BCUT2D eigenvalue weighted by molar-refractivity contribution is -0.167. The van der Waals surface area contributed by atoms with Gasteiger partial charge in [-0.05, 0) is 57.8 Å². The Morgan fingerprint density at radius 1 is 0.313 bits per heavy atom. The van der Waals surface area contributed by atoms with Gasteiger partial charge in [-0.15, -0.1) is 0 Å². The van der Waals surface area contributed by atoms with E-state index in [1.807, 2.05) is 0 Å². The van der Waals surface area contributed by atoms with Crippen LogP contribution in [0.25, 0.3) is 0 Å². The van der Waals surface area contributed by atoms with Crippen LogP contribution in [0, 0.1) is 0 Å². The van der Waals surface area contributed by atoms with E-state index >= 15 is 0 Å². The average Bonchev–Trinajstić information content (AvgIpc) is 3.33. The number of esters is 3. The first-order valence-corrected chi connectivity index (χ1v) is 29.1. The highest BCUT2D eigenvalue weighted by molar-refractivity contribution is 5.71. The number of carbonyl (C=O) groups excluding carboxylic acids is 3. The van der Waals surface area contributed by atoms with E-state index in [1.165, 1.54) is 167 Å². The molecule has 0 aliphatic rings. The maximum Gasteiger partial charge on any atom is 0.306 e. The molecular weight excluding hydrogens is 829 g/mol. The van der Waals surface area contributed by atoms with Gasteiger partial charge in [-0.1, -0.05) is 275 Å². The van der Waals surface area contributed by atoms with Gasteiger partial charge in [-0.25, -0.2) is 0 Å². The van der Waals surface area contributed by atoms with Gasteiger partial charge in [0.25, 0.3) is 0 Å². The lowest BCUT2D eigenvalue weighted by Crippen LogP contribution is -2.30. The molecule has 0 radical (unpaired) electrons. The third-order valence-electron chi connectivity index (χ3n) is 12.8. The van der Waals surface area contributed by atoms with E-state index in [4.69, 9.17) is 14.2 Å². The maximum atomic E-state index is 12.8. The Balaban J connectivity index is 4.06. The molecule has 6 nitrogen and oxygen atoms in total. The summed E-state index contributed by atoms with van der Waals surface area (Å²) in [7, 11) is 0. The molecule has 6 heteroatoms. The number of hydrogen-bond donors (Lipinski definition) is 0. The summed E-state index contributed by atoms with van der Waals surface area (Å²) in [4.78, 5) is 37.8. The van der Waals surface area contributed by atoms with Crippen molar-refractivity contribution in [3.63, 3.8) is 0 Å². The van der Waals surface area contributed by atoms with Gasteiger partial charge in [0.1, 0.15) is 13.2 Å². The molecule has 0 saturated heterocycles. The van der Waals surface area contributed by atoms with E-state index in [1.54, 1.807) is 0 Å². The van der Waals surface area contributed by atoms with Crippen molar-refractivity contribution in [1.82, 2.24) is 0 Å². The molecule has 0 rings (SSSR count). The van der Waals surface area contributed by atoms with Crippen molar-refractivity contribution in [2.45, 2.75) is 309 Å². The zero-order valence-electron chi connectivity index (χ0n) is 44.7. The Bertz CT molecular complexity index is 1170. The fourth-order valence-corrected chi connectivity index (χ4v) is 8.49. The first kappa shape index (κ1) is 64.4. The quantitative estimate of drug-likeness (QED) is 0.0262. The second-order valence-corrected chi connectivity index (χ2v) is 19.5. The van der Waals surface area contributed by atoms with E-state index in [0.717, 1.165) is 96.3 Å². The highest BCUT2D eigenvalue weighted by Crippen LogP contribution is 2.17. The van der Waals surface area contributed by atoms with Crippen molar-refractivity contribution in [2.24, 2.45) is 0 Å². The van der Waals surface area contributed by atoms with Crippen molar-refractivity contribution < 1.29 is 28.6 Å². The second kappa shape index (κ2) is 56.0. The van der Waals surface area contributed by atoms with Gasteiger partial charge in [0.05, 0.1) is 0 Å². The second-order valence-electron chi connectivity index (χ2n) is 19.5. The van der Waals surface area contributed by atoms with E-state index < -0.39 is 6.10 Å². The van der Waals surface area contributed by atoms with Crippen LogP contribution >= 0.6 is 0 Å². The van der Waals surface area contributed by atoms with Crippen LogP contribution in [0.2, 0.25) is 0 Å². The smallest absolute Gasteiger partial charge is 0.306 e. The maximum absolute atomic E-state index is 12.8. The number of allylic oxidation sites excluding steroid dienone is 8. The molecule has 1 unspecified atom stereocenters. The molecule has 0 aliphatic heterocycles. The molecular formula is C61H110O6. The SMILES string of the molecule is CC/C=C\C/C=C\C/C=C\C/C=C\CCCCCCCCCCC(=O)OC(COC(=O)CCCCCCC)COC(=O)CCCCCCCCCCCCCCCCCCCCCCCCC. The van der Waals surface area contributed by atoms with Crippen LogP contribution in [0.1, 0.15) is 303 Å². The van der Waals surface area contributed by atoms with Gasteiger partial charge in [0, 0.05) is 19.3 Å². The van der Waals surface area contributed by atoms with Gasteiger partial charge in [0.2, 0.25) is 0 Å². The molecule has 0 heterocycles. The Morgan fingerprint density at radius 2 is 0.582 bits per heavy atom. The van der Waals surface area contributed by atoms with Crippen molar-refractivity contribution in [1.29, 1.82) is 0 Å². The first-order valence-electron chi connectivity index (χ1n) is 29.1. The molecule has 0 aromatic heterocycles. The number of rotatable bonds is 53. The number of ether oxygens (including phenoxy) is 3. The van der Waals surface area contributed by atoms with Gasteiger partial charge >= 0.3 is 17.9 Å². The molecule has 0 aromatic carbocycles. The van der Waals surface area contributed by atoms with Crippen LogP contribution in [0.3, 0.4) is 0 Å². The zero-order valence-corrected chi connectivity index (χ0v) is 44.7. The summed E-state index contributed by atoms with van der Waals surface area (Å²) in [5.41, 5.74) is 0. The fourth-order valence-electron chi connectivity index (χ4n) is 8.49. The van der Waals surface area contributed by atoms with Crippen LogP contribution in [0.5, 0.6) is 0 Å². The van der Waals surface area contributed by atoms with Gasteiger partial charge < -0.3 is 14.2 Å². The van der Waals surface area contributed by atoms with Crippen LogP contribution < -0.4 is 0 Å². The Labute approximate surface area is 416 Å². The van der Waals surface area contributed by atoms with E-state index in [9.17, 15) is 14.4 Å². The molecule has 0 aromatic rings. The highest BCUT2D eigenvalue weighted by Gasteiger charge is 2.19. The number of hydrogen-bond acceptors (Lipinski definition) is 6. The van der Waals surface area contributed by atoms with Gasteiger partial charge in [-0.3, -0.25) is 14.4 Å². The van der Waals surface area contributed by atoms with Crippen LogP contribution in [0.15, 0.2) is 48.6 Å². The monoisotopic (exact) mass is 939 g/mol. The summed E-state index contributed by atoms with van der Waals surface area (Å²) in [5, 5.41) is 0. The van der Waals surface area contributed by atoms with Crippen molar-refractivity contribution >= 4 is 17.9 Å². The molecule has 0 amide bonds. The molecule has 1 atom stereocenters. The highest BCUT2D eigenvalue weighted by atomic mass is 16.6. The Hall–Kier alpha value is -2.63. The summed E-state index contributed by atoms with van der Waals surface area (Å²) in [6.45, 7) is 6.48. The molecule has 67 heavy (non-hydrogen) atoms. The number of carbonyl (C=O) groups is 3. The third-order valence-corrected chi connectivity index (χ3v) is 12.8. The van der Waals surface area contributed by atoms with Gasteiger partial charge in [0.15, 0.2) is 6.10 Å². The van der Waals surface area contributed by atoms with Crippen molar-refractivity contribution in [3.05, 3.63) is 48.6 Å². The molecule has 0 bridgehead atoms. The summed E-state index contributed by atoms with van der Waals surface area (Å²) in [6, 6.07) is 0. The van der Waals surface area contributed by atoms with E-state index in [0.29, 0.717) is 19.3 Å². The van der Waals surface area contributed by atoms with Crippen molar-refractivity contribution in [3.8, 4) is 0 Å². The minimum Gasteiger partial charge on any atom is -0.462 e. The molecule has 390 valence electrons. The van der Waals surface area contributed by atoms with Crippen LogP contribution in [-0.2, 0) is 28.6 Å². The Kier molecular flexibility index (Phi) is 53.8. The van der Waals surface area contributed by atoms with E-state index in [2.05, 4.69) is 69.4 Å². The Morgan fingerprint density at radius 3 is 0.910 bits per heavy atom. The largest absolute Gasteiger partial charge is 0.462 e. The van der Waals surface area contributed by atoms with Crippen LogP contribution in [-0.4, -0.2) is 37.2 Å². The predicted molar refractivity (Wildman–Crippen MR) is 289 cm³/mol. The molecule has 0 spiro atoms. The average molecular weight is 940 g/mol. The zero-order chi connectivity index (χ0) is 48.6. The normalized spacial score (nSPS) is 12.3. The summed E-state index contributed by atoms with van der Waals surface area (Å²) in [5.74, 6) is -0.882. The molecule has 0 fully saturated rings. The predicted octanol–water partition coefficient (Wildman–Crippen LogP) is 19.4. The first-order chi connectivity index (χ1) is 33.0. The minimum absolute atomic E-state index is 0.0734. The molecule has 0 N–H and O–H groups in total. The minimum atomic E-state index is -0.772. The lowest BCUT2D eigenvalue weighted by Gasteiger charge is -2.18. The molecule has 0 aliphatic carbocycles. The fraction of sp³-hybridized carbons (Fsp3) is 0.820. The number of unbranched alkanes of at least 4 members (excludes halogenated alkanes) is 34. The van der Waals surface area contributed by atoms with Crippen molar-refractivity contribution in [2.75, 3.05) is 13.2 Å². The summed E-state index contributed by atoms with van der Waals surface area (Å²) < 4.78 is 16.7. The lowest BCUT2D eigenvalue weighted by atomic mass is 10.0. The third kappa shape index (κ3) is 54.2. The van der Waals surface area contributed by atoms with E-state index in [-0.39, 0.29) is 31.1 Å².